The second-order valence-electron chi connectivity index (χ2n) is 3.96. The molecule has 0 fully saturated rings. The quantitative estimate of drug-likeness (QED) is 0.620. The molecule has 0 atom stereocenters. The summed E-state index contributed by atoms with van der Waals surface area (Å²) in [6.45, 7) is 4.37. The van der Waals surface area contributed by atoms with Crippen molar-refractivity contribution in [3.05, 3.63) is 23.2 Å². The molecule has 0 spiro atoms. The molecule has 0 saturated heterocycles. The Labute approximate surface area is 73.8 Å². The summed E-state index contributed by atoms with van der Waals surface area (Å²) in [5, 5.41) is 0. The predicted octanol–water partition coefficient (Wildman–Crippen LogP) is 3.28. The van der Waals surface area contributed by atoms with Crippen molar-refractivity contribution < 1.29 is 4.42 Å². The molecule has 66 valence electrons. The third-order valence-electron chi connectivity index (χ3n) is 2.58. The van der Waals surface area contributed by atoms with Crippen LogP contribution in [0.4, 0.5) is 0 Å². The van der Waals surface area contributed by atoms with Gasteiger partial charge in [0.15, 0.2) is 0 Å². The lowest BCUT2D eigenvalue weighted by atomic mass is 9.98. The molecular weight excluding hydrogens is 148 g/mol. The van der Waals surface area contributed by atoms with Crippen LogP contribution in [-0.4, -0.2) is 0 Å². The van der Waals surface area contributed by atoms with Gasteiger partial charge in [0.1, 0.15) is 11.5 Å². The normalized spacial score (nSPS) is 16.6. The number of aryl methyl sites for hydroxylation is 2. The first kappa shape index (κ1) is 7.90. The van der Waals surface area contributed by atoms with Gasteiger partial charge in [0.25, 0.3) is 0 Å². The Bertz CT molecular complexity index is 247. The van der Waals surface area contributed by atoms with Gasteiger partial charge in [-0.25, -0.2) is 0 Å². The van der Waals surface area contributed by atoms with E-state index in [9.17, 15) is 0 Å². The number of hydrogen-bond donors (Lipinski definition) is 0. The van der Waals surface area contributed by atoms with Crippen LogP contribution in [0.1, 0.15) is 49.7 Å². The molecule has 0 N–H and O–H groups in total. The van der Waals surface area contributed by atoms with E-state index in [4.69, 9.17) is 4.42 Å². The van der Waals surface area contributed by atoms with Crippen molar-refractivity contribution in [1.29, 1.82) is 0 Å². The molecular formula is C11H16O. The van der Waals surface area contributed by atoms with Gasteiger partial charge in [-0.1, -0.05) is 13.8 Å². The van der Waals surface area contributed by atoms with Crippen LogP contribution >= 0.6 is 0 Å². The molecule has 12 heavy (non-hydrogen) atoms. The topological polar surface area (TPSA) is 13.1 Å². The number of fused-ring (bicyclic) bond motifs is 1. The Morgan fingerprint density at radius 3 is 2.67 bits per heavy atom. The molecule has 1 aliphatic rings. The lowest BCUT2D eigenvalue weighted by Crippen LogP contribution is -1.97. The van der Waals surface area contributed by atoms with Crippen molar-refractivity contribution in [1.82, 2.24) is 0 Å². The molecule has 1 heteroatoms. The van der Waals surface area contributed by atoms with E-state index in [0.717, 1.165) is 6.42 Å². The molecule has 1 nitrogen and oxygen atoms in total. The number of rotatable bonds is 1. The smallest absolute Gasteiger partial charge is 0.107 e. The van der Waals surface area contributed by atoms with E-state index < -0.39 is 0 Å². The maximum absolute atomic E-state index is 5.77. The van der Waals surface area contributed by atoms with Crippen molar-refractivity contribution in [2.75, 3.05) is 0 Å². The van der Waals surface area contributed by atoms with E-state index in [1.165, 1.54) is 36.3 Å². The van der Waals surface area contributed by atoms with E-state index in [1.54, 1.807) is 0 Å². The zero-order chi connectivity index (χ0) is 8.55. The van der Waals surface area contributed by atoms with Crippen LogP contribution in [-0.2, 0) is 12.8 Å². The first-order chi connectivity index (χ1) is 5.77. The van der Waals surface area contributed by atoms with Gasteiger partial charge < -0.3 is 4.42 Å². The van der Waals surface area contributed by atoms with Gasteiger partial charge >= 0.3 is 0 Å². The van der Waals surface area contributed by atoms with Crippen molar-refractivity contribution in [2.24, 2.45) is 0 Å². The minimum absolute atomic E-state index is 0.538. The Hall–Kier alpha value is -0.720. The van der Waals surface area contributed by atoms with Crippen LogP contribution in [0.15, 0.2) is 10.5 Å². The molecule has 1 aliphatic carbocycles. The summed E-state index contributed by atoms with van der Waals surface area (Å²) in [4.78, 5) is 0. The van der Waals surface area contributed by atoms with E-state index in [2.05, 4.69) is 19.9 Å². The minimum atomic E-state index is 0.538. The van der Waals surface area contributed by atoms with Gasteiger partial charge in [-0.15, -0.1) is 0 Å². The highest BCUT2D eigenvalue weighted by Crippen LogP contribution is 2.27. The molecule has 0 radical (unpaired) electrons. The molecule has 1 aromatic heterocycles. The molecule has 1 heterocycles. The summed E-state index contributed by atoms with van der Waals surface area (Å²) in [6, 6.07) is 2.25. The molecule has 0 aliphatic heterocycles. The maximum atomic E-state index is 5.77. The number of hydrogen-bond acceptors (Lipinski definition) is 1. The van der Waals surface area contributed by atoms with Crippen LogP contribution in [0.3, 0.4) is 0 Å². The number of furan rings is 1. The van der Waals surface area contributed by atoms with Crippen molar-refractivity contribution in [3.8, 4) is 0 Å². The molecule has 0 saturated carbocycles. The Morgan fingerprint density at radius 2 is 2.00 bits per heavy atom. The predicted molar refractivity (Wildman–Crippen MR) is 49.4 cm³/mol. The molecule has 0 aromatic carbocycles. The highest BCUT2D eigenvalue weighted by molar-refractivity contribution is 5.25. The summed E-state index contributed by atoms with van der Waals surface area (Å²) in [5.74, 6) is 2.96. The molecule has 0 amide bonds. The van der Waals surface area contributed by atoms with Crippen LogP contribution in [0.5, 0.6) is 0 Å². The second-order valence-corrected chi connectivity index (χ2v) is 3.96. The fourth-order valence-corrected chi connectivity index (χ4v) is 1.80. The largest absolute Gasteiger partial charge is 0.466 e. The lowest BCUT2D eigenvalue weighted by Gasteiger charge is -2.07. The summed E-state index contributed by atoms with van der Waals surface area (Å²) in [6.07, 6.45) is 5.02. The molecule has 0 unspecified atom stereocenters. The third kappa shape index (κ3) is 1.28. The summed E-state index contributed by atoms with van der Waals surface area (Å²) >= 11 is 0. The van der Waals surface area contributed by atoms with Gasteiger partial charge in [-0.3, -0.25) is 0 Å². The highest BCUT2D eigenvalue weighted by Gasteiger charge is 2.15. The Kier molecular flexibility index (Phi) is 1.95. The van der Waals surface area contributed by atoms with Gasteiger partial charge in [-0.2, -0.15) is 0 Å². The first-order valence-electron chi connectivity index (χ1n) is 4.89. The maximum Gasteiger partial charge on any atom is 0.107 e. The fraction of sp³-hybridized carbons (Fsp3) is 0.636. The van der Waals surface area contributed by atoms with E-state index in [1.807, 2.05) is 0 Å². The molecule has 2 rings (SSSR count). The SMILES string of the molecule is CC(C)c1cc2c(o1)CCCC2. The Balaban J connectivity index is 2.32. The third-order valence-corrected chi connectivity index (χ3v) is 2.58. The summed E-state index contributed by atoms with van der Waals surface area (Å²) < 4.78 is 5.77. The van der Waals surface area contributed by atoms with E-state index in [0.29, 0.717) is 5.92 Å². The van der Waals surface area contributed by atoms with Gasteiger partial charge in [0.2, 0.25) is 0 Å². The molecule has 0 bridgehead atoms. The van der Waals surface area contributed by atoms with Crippen molar-refractivity contribution in [2.45, 2.75) is 45.4 Å². The Morgan fingerprint density at radius 1 is 1.25 bits per heavy atom. The zero-order valence-corrected chi connectivity index (χ0v) is 7.89. The average molecular weight is 164 g/mol. The van der Waals surface area contributed by atoms with Crippen LogP contribution < -0.4 is 0 Å². The first-order valence-corrected chi connectivity index (χ1v) is 4.89. The van der Waals surface area contributed by atoms with Crippen molar-refractivity contribution in [3.63, 3.8) is 0 Å². The second kappa shape index (κ2) is 2.96. The van der Waals surface area contributed by atoms with Crippen LogP contribution in [0.25, 0.3) is 0 Å². The van der Waals surface area contributed by atoms with E-state index >= 15 is 0 Å². The van der Waals surface area contributed by atoms with Gasteiger partial charge in [-0.05, 0) is 30.9 Å². The molecule has 1 aromatic rings. The van der Waals surface area contributed by atoms with E-state index in [-0.39, 0.29) is 0 Å². The standard InChI is InChI=1S/C11H16O/c1-8(2)11-7-9-5-3-4-6-10(9)12-11/h7-8H,3-6H2,1-2H3. The van der Waals surface area contributed by atoms with Gasteiger partial charge in [0.05, 0.1) is 0 Å². The lowest BCUT2D eigenvalue weighted by molar-refractivity contribution is 0.430. The average Bonchev–Trinajstić information content (AvgIpc) is 2.46. The fourth-order valence-electron chi connectivity index (χ4n) is 1.80. The van der Waals surface area contributed by atoms with Crippen molar-refractivity contribution >= 4 is 0 Å². The minimum Gasteiger partial charge on any atom is -0.466 e. The summed E-state index contributed by atoms with van der Waals surface area (Å²) in [5.41, 5.74) is 1.46. The van der Waals surface area contributed by atoms with Crippen LogP contribution in [0, 0.1) is 0 Å². The zero-order valence-electron chi connectivity index (χ0n) is 7.89. The monoisotopic (exact) mass is 164 g/mol. The summed E-state index contributed by atoms with van der Waals surface area (Å²) in [7, 11) is 0. The highest BCUT2D eigenvalue weighted by atomic mass is 16.3. The van der Waals surface area contributed by atoms with Gasteiger partial charge in [0, 0.05) is 12.3 Å². The van der Waals surface area contributed by atoms with Crippen LogP contribution in [0.2, 0.25) is 0 Å².